The molecule has 0 unspecified atom stereocenters. The van der Waals surface area contributed by atoms with Crippen LogP contribution in [0, 0.1) is 0 Å². The first-order valence-corrected chi connectivity index (χ1v) is 12.8. The molecule has 2 aliphatic rings. The van der Waals surface area contributed by atoms with E-state index in [1.807, 2.05) is 31.4 Å². The van der Waals surface area contributed by atoms with Crippen LogP contribution >= 0.6 is 23.2 Å². The second kappa shape index (κ2) is 9.56. The lowest BCUT2D eigenvalue weighted by Gasteiger charge is -2.36. The highest BCUT2D eigenvalue weighted by Crippen LogP contribution is 2.45. The maximum Gasteiger partial charge on any atom is 0.411 e. The van der Waals surface area contributed by atoms with Gasteiger partial charge in [0.25, 0.3) is 0 Å². The topological polar surface area (TPSA) is 82.4 Å². The highest BCUT2D eigenvalue weighted by Gasteiger charge is 2.37. The predicted molar refractivity (Wildman–Crippen MR) is 137 cm³/mol. The number of fused-ring (bicyclic) bond motifs is 3. The summed E-state index contributed by atoms with van der Waals surface area (Å²) in [6, 6.07) is 9.78. The van der Waals surface area contributed by atoms with Gasteiger partial charge in [-0.1, -0.05) is 23.7 Å². The van der Waals surface area contributed by atoms with Crippen molar-refractivity contribution in [2.75, 3.05) is 0 Å². The van der Waals surface area contributed by atoms with Crippen LogP contribution in [0.2, 0.25) is 5.02 Å². The average molecular weight is 530 g/mol. The second-order valence-electron chi connectivity index (χ2n) is 10.4. The molecule has 36 heavy (non-hydrogen) atoms. The Morgan fingerprint density at radius 2 is 1.92 bits per heavy atom. The minimum atomic E-state index is -0.593. The summed E-state index contributed by atoms with van der Waals surface area (Å²) in [6.45, 7) is 6.28. The molecule has 0 spiro atoms. The maximum atomic E-state index is 13.0. The van der Waals surface area contributed by atoms with E-state index < -0.39 is 10.5 Å². The smallest absolute Gasteiger partial charge is 0.411 e. The minimum Gasteiger partial charge on any atom is -0.474 e. The third-order valence-corrected chi connectivity index (χ3v) is 7.35. The third-order valence-electron chi connectivity index (χ3n) is 6.53. The van der Waals surface area contributed by atoms with Crippen molar-refractivity contribution in [2.24, 2.45) is 0 Å². The van der Waals surface area contributed by atoms with E-state index in [9.17, 15) is 4.79 Å². The van der Waals surface area contributed by atoms with Crippen LogP contribution in [0.25, 0.3) is 5.69 Å². The van der Waals surface area contributed by atoms with Gasteiger partial charge in [-0.2, -0.15) is 0 Å². The summed E-state index contributed by atoms with van der Waals surface area (Å²) < 4.78 is 13.6. The summed E-state index contributed by atoms with van der Waals surface area (Å²) in [7, 11) is 0. The number of alkyl halides is 1. The molecule has 0 N–H and O–H groups in total. The summed E-state index contributed by atoms with van der Waals surface area (Å²) in [6.07, 6.45) is 6.07. The number of carbonyl (C=O) groups is 1. The predicted octanol–water partition coefficient (Wildman–Crippen LogP) is 6.02. The first kappa shape index (κ1) is 24.8. The third kappa shape index (κ3) is 5.30. The van der Waals surface area contributed by atoms with E-state index in [0.29, 0.717) is 29.8 Å². The molecule has 0 radical (unpaired) electrons. The van der Waals surface area contributed by atoms with Gasteiger partial charge in [-0.3, -0.25) is 9.47 Å². The van der Waals surface area contributed by atoms with E-state index in [1.165, 1.54) is 0 Å². The van der Waals surface area contributed by atoms with Crippen LogP contribution in [0.5, 0.6) is 5.88 Å². The number of rotatable bonds is 3. The number of hydrogen-bond donors (Lipinski definition) is 0. The fourth-order valence-electron chi connectivity index (χ4n) is 4.74. The van der Waals surface area contributed by atoms with E-state index >= 15 is 0 Å². The number of hydrogen-bond acceptors (Lipinski definition) is 6. The quantitative estimate of drug-likeness (QED) is 0.385. The maximum absolute atomic E-state index is 13.0. The Morgan fingerprint density at radius 1 is 1.14 bits per heavy atom. The Morgan fingerprint density at radius 3 is 2.61 bits per heavy atom. The Bertz CT molecular complexity index is 1250. The highest BCUT2D eigenvalue weighted by molar-refractivity contribution is 6.30. The molecule has 2 aromatic heterocycles. The molecule has 3 heterocycles. The van der Waals surface area contributed by atoms with Gasteiger partial charge in [0.05, 0.1) is 28.7 Å². The Balaban J connectivity index is 1.36. The van der Waals surface area contributed by atoms with E-state index in [2.05, 4.69) is 27.3 Å². The molecule has 5 rings (SSSR count). The van der Waals surface area contributed by atoms with E-state index in [0.717, 1.165) is 42.5 Å². The van der Waals surface area contributed by atoms with E-state index in [1.54, 1.807) is 29.6 Å². The minimum absolute atomic E-state index is 0.0496. The molecular weight excluding hydrogens is 501 g/mol. The average Bonchev–Trinajstić information content (AvgIpc) is 3.22. The van der Waals surface area contributed by atoms with Gasteiger partial charge in [0.15, 0.2) is 5.82 Å². The van der Waals surface area contributed by atoms with Crippen LogP contribution in [-0.2, 0) is 22.7 Å². The highest BCUT2D eigenvalue weighted by atomic mass is 35.5. The monoisotopic (exact) mass is 529 g/mol. The molecule has 1 saturated carbocycles. The van der Waals surface area contributed by atoms with Crippen LogP contribution in [-0.4, -0.2) is 42.4 Å². The molecule has 1 amide bonds. The number of halogens is 2. The van der Waals surface area contributed by atoms with Crippen molar-refractivity contribution in [3.63, 3.8) is 0 Å². The summed E-state index contributed by atoms with van der Waals surface area (Å²) in [5.41, 5.74) is 2.35. The fraction of sp³-hybridized carbons (Fsp3) is 0.462. The van der Waals surface area contributed by atoms with Crippen molar-refractivity contribution < 1.29 is 14.3 Å². The number of amides is 1. The summed E-state index contributed by atoms with van der Waals surface area (Å²) in [4.78, 5) is 18.3. The number of aromatic nitrogens is 4. The molecule has 8 nitrogen and oxygen atoms in total. The standard InChI is InChI=1S/C26H29Cl2N5O3/c1-25(2,3)36-24(34)32-14-17-12-18(4-6-21(17)33-16-30-31-22(33)15-32)26(28)10-8-20(9-11-26)35-23-7-5-19(27)13-29-23/h4-7,12-13,16,20H,8-11,14-15H2,1-3H3. The van der Waals surface area contributed by atoms with E-state index in [-0.39, 0.29) is 12.2 Å². The molecular formula is C26H29Cl2N5O3. The molecule has 0 atom stereocenters. The van der Waals surface area contributed by atoms with Gasteiger partial charge in [0, 0.05) is 12.3 Å². The van der Waals surface area contributed by atoms with Crippen molar-refractivity contribution in [1.29, 1.82) is 0 Å². The van der Waals surface area contributed by atoms with Crippen molar-refractivity contribution >= 4 is 29.3 Å². The molecule has 1 aliphatic carbocycles. The van der Waals surface area contributed by atoms with Crippen LogP contribution in [0.4, 0.5) is 4.79 Å². The van der Waals surface area contributed by atoms with Crippen LogP contribution < -0.4 is 4.74 Å². The normalized spacial score (nSPS) is 21.8. The van der Waals surface area contributed by atoms with Crippen LogP contribution in [0.15, 0.2) is 42.9 Å². The molecule has 1 aromatic carbocycles. The largest absolute Gasteiger partial charge is 0.474 e. The van der Waals surface area contributed by atoms with Gasteiger partial charge in [-0.25, -0.2) is 9.78 Å². The van der Waals surface area contributed by atoms with Crippen molar-refractivity contribution in [3.05, 3.63) is 64.8 Å². The summed E-state index contributed by atoms with van der Waals surface area (Å²) >= 11 is 13.1. The Hall–Kier alpha value is -2.84. The molecule has 0 saturated heterocycles. The van der Waals surface area contributed by atoms with Gasteiger partial charge < -0.3 is 9.47 Å². The molecule has 0 bridgehead atoms. The Kier molecular flexibility index (Phi) is 6.59. The lowest BCUT2D eigenvalue weighted by atomic mass is 9.81. The Labute approximate surface area is 220 Å². The number of pyridine rings is 1. The zero-order chi connectivity index (χ0) is 25.5. The number of carbonyl (C=O) groups excluding carboxylic acids is 1. The SMILES string of the molecule is CC(C)(C)OC(=O)N1Cc2cc(C3(Cl)CCC(Oc4ccc(Cl)cn4)CC3)ccc2-n2cnnc2C1. The summed E-state index contributed by atoms with van der Waals surface area (Å²) in [5.74, 6) is 1.25. The van der Waals surface area contributed by atoms with Crippen molar-refractivity contribution in [3.8, 4) is 11.6 Å². The van der Waals surface area contributed by atoms with Crippen molar-refractivity contribution in [2.45, 2.75) is 76.1 Å². The number of nitrogens with zero attached hydrogens (tertiary/aromatic N) is 5. The van der Waals surface area contributed by atoms with Crippen LogP contribution in [0.1, 0.15) is 63.4 Å². The van der Waals surface area contributed by atoms with Gasteiger partial charge in [-0.15, -0.1) is 21.8 Å². The van der Waals surface area contributed by atoms with Gasteiger partial charge in [0.2, 0.25) is 5.88 Å². The zero-order valence-corrected chi connectivity index (χ0v) is 22.1. The molecule has 1 aliphatic heterocycles. The van der Waals surface area contributed by atoms with Gasteiger partial charge in [-0.05, 0) is 69.7 Å². The van der Waals surface area contributed by atoms with Crippen molar-refractivity contribution in [1.82, 2.24) is 24.6 Å². The summed E-state index contributed by atoms with van der Waals surface area (Å²) in [5, 5.41) is 8.88. The lowest BCUT2D eigenvalue weighted by molar-refractivity contribution is 0.0214. The first-order valence-electron chi connectivity index (χ1n) is 12.1. The zero-order valence-electron chi connectivity index (χ0n) is 20.6. The van der Waals surface area contributed by atoms with Gasteiger partial charge in [0.1, 0.15) is 18.0 Å². The van der Waals surface area contributed by atoms with E-state index in [4.69, 9.17) is 32.7 Å². The van der Waals surface area contributed by atoms with Gasteiger partial charge >= 0.3 is 6.09 Å². The molecule has 10 heteroatoms. The number of benzene rings is 1. The first-order chi connectivity index (χ1) is 17.1. The number of ether oxygens (including phenoxy) is 2. The molecule has 190 valence electrons. The van der Waals surface area contributed by atoms with Crippen LogP contribution in [0.3, 0.4) is 0 Å². The molecule has 1 fully saturated rings. The molecule has 3 aromatic rings. The fourth-order valence-corrected chi connectivity index (χ4v) is 5.19. The second-order valence-corrected chi connectivity index (χ2v) is 11.6. The lowest BCUT2D eigenvalue weighted by Crippen LogP contribution is -2.36.